The molecule has 0 saturated heterocycles. The van der Waals surface area contributed by atoms with Crippen molar-refractivity contribution in [3.05, 3.63) is 28.8 Å². The molecule has 0 saturated carbocycles. The van der Waals surface area contributed by atoms with Crippen molar-refractivity contribution in [3.63, 3.8) is 0 Å². The number of halogens is 1. The van der Waals surface area contributed by atoms with Crippen LogP contribution < -0.4 is 5.19 Å². The highest BCUT2D eigenvalue weighted by Crippen LogP contribution is 2.10. The van der Waals surface area contributed by atoms with Crippen molar-refractivity contribution in [2.75, 3.05) is 0 Å². The lowest BCUT2D eigenvalue weighted by Gasteiger charge is -1.96. The van der Waals surface area contributed by atoms with Gasteiger partial charge in [0.05, 0.1) is 10.2 Å². The lowest BCUT2D eigenvalue weighted by atomic mass is 10.2. The molecule has 1 aromatic carbocycles. The molecule has 0 heterocycles. The molecule has 0 spiro atoms. The maximum atomic E-state index is 5.76. The van der Waals surface area contributed by atoms with Gasteiger partial charge in [0.15, 0.2) is 0 Å². The van der Waals surface area contributed by atoms with E-state index in [4.69, 9.17) is 11.6 Å². The molecule has 0 unspecified atom stereocenters. The highest BCUT2D eigenvalue weighted by Gasteiger charge is 1.91. The first-order valence-electron chi connectivity index (χ1n) is 2.68. The number of hydrogen-bond donors (Lipinski definition) is 0. The Balaban J connectivity index is 3.17. The topological polar surface area (TPSA) is 0 Å². The van der Waals surface area contributed by atoms with Crippen LogP contribution in [0, 0.1) is 6.92 Å². The van der Waals surface area contributed by atoms with Crippen molar-refractivity contribution in [1.82, 2.24) is 0 Å². The Kier molecular flexibility index (Phi) is 1.93. The molecular formula is C7H6ClSi. The first-order valence-corrected chi connectivity index (χ1v) is 3.55. The van der Waals surface area contributed by atoms with E-state index in [-0.39, 0.29) is 0 Å². The Hall–Kier alpha value is -0.273. The van der Waals surface area contributed by atoms with E-state index in [0.29, 0.717) is 0 Å². The predicted molar refractivity (Wildman–Crippen MR) is 41.6 cm³/mol. The van der Waals surface area contributed by atoms with E-state index in [1.165, 1.54) is 0 Å². The summed E-state index contributed by atoms with van der Waals surface area (Å²) in [4.78, 5) is 0. The lowest BCUT2D eigenvalue weighted by Crippen LogP contribution is -2.00. The van der Waals surface area contributed by atoms with Gasteiger partial charge in [0.1, 0.15) is 0 Å². The molecule has 0 aromatic heterocycles. The zero-order valence-electron chi connectivity index (χ0n) is 5.11. The third-order valence-electron chi connectivity index (χ3n) is 1.16. The standard InChI is InChI=1S/C7H6ClSi/c1-5-4-6(9)2-3-7(5)8/h2-4H,1H3. The molecule has 0 nitrogen and oxygen atoms in total. The molecule has 0 bridgehead atoms. The van der Waals surface area contributed by atoms with Crippen LogP contribution in [0.4, 0.5) is 0 Å². The molecule has 9 heavy (non-hydrogen) atoms. The van der Waals surface area contributed by atoms with Crippen LogP contribution in [0.3, 0.4) is 0 Å². The minimum atomic E-state index is 0.817. The normalized spacial score (nSPS) is 9.67. The van der Waals surface area contributed by atoms with E-state index in [2.05, 4.69) is 10.2 Å². The summed E-state index contributed by atoms with van der Waals surface area (Å²) in [6, 6.07) is 5.78. The first kappa shape index (κ1) is 6.84. The van der Waals surface area contributed by atoms with Crippen molar-refractivity contribution in [3.8, 4) is 0 Å². The van der Waals surface area contributed by atoms with Gasteiger partial charge >= 0.3 is 0 Å². The average Bonchev–Trinajstić information content (AvgIpc) is 1.80. The second-order valence-electron chi connectivity index (χ2n) is 1.96. The Morgan fingerprint density at radius 2 is 2.11 bits per heavy atom. The highest BCUT2D eigenvalue weighted by molar-refractivity contribution is 6.34. The van der Waals surface area contributed by atoms with Crippen LogP contribution in [0.5, 0.6) is 0 Å². The molecule has 1 rings (SSSR count). The van der Waals surface area contributed by atoms with Gasteiger partial charge in [0.25, 0.3) is 0 Å². The molecule has 0 amide bonds. The second kappa shape index (κ2) is 2.54. The zero-order chi connectivity index (χ0) is 6.85. The third kappa shape index (κ3) is 1.56. The Bertz CT molecular complexity index is 220. The third-order valence-corrected chi connectivity index (χ3v) is 1.89. The van der Waals surface area contributed by atoms with Gasteiger partial charge in [-0.1, -0.05) is 28.9 Å². The quantitative estimate of drug-likeness (QED) is 0.495. The molecule has 0 aliphatic rings. The fourth-order valence-corrected chi connectivity index (χ4v) is 1.06. The van der Waals surface area contributed by atoms with Crippen LogP contribution in [0.2, 0.25) is 5.02 Å². The molecular weight excluding hydrogens is 148 g/mol. The van der Waals surface area contributed by atoms with Crippen LogP contribution >= 0.6 is 11.6 Å². The van der Waals surface area contributed by atoms with Crippen molar-refractivity contribution < 1.29 is 0 Å². The molecule has 1 aromatic rings. The highest BCUT2D eigenvalue weighted by atomic mass is 35.5. The van der Waals surface area contributed by atoms with Gasteiger partial charge in [-0.2, -0.15) is 0 Å². The van der Waals surface area contributed by atoms with Crippen molar-refractivity contribution in [2.24, 2.45) is 0 Å². The monoisotopic (exact) mass is 153 g/mol. The van der Waals surface area contributed by atoms with Crippen molar-refractivity contribution >= 4 is 27.0 Å². The SMILES string of the molecule is Cc1cc([Si])ccc1Cl. The molecule has 0 aliphatic carbocycles. The summed E-state index contributed by atoms with van der Waals surface area (Å²) in [5.41, 5.74) is 1.10. The molecule has 3 radical (unpaired) electrons. The largest absolute Gasteiger partial charge is 0.0841 e. The fraction of sp³-hybridized carbons (Fsp3) is 0.143. The smallest absolute Gasteiger partial charge is 0.0711 e. The molecule has 0 atom stereocenters. The van der Waals surface area contributed by atoms with Crippen LogP contribution in [0.1, 0.15) is 5.56 Å². The van der Waals surface area contributed by atoms with Gasteiger partial charge in [-0.3, -0.25) is 0 Å². The van der Waals surface area contributed by atoms with E-state index >= 15 is 0 Å². The molecule has 0 aliphatic heterocycles. The summed E-state index contributed by atoms with van der Waals surface area (Å²) < 4.78 is 0. The van der Waals surface area contributed by atoms with Gasteiger partial charge in [0, 0.05) is 5.02 Å². The van der Waals surface area contributed by atoms with Crippen LogP contribution in [0.25, 0.3) is 0 Å². The van der Waals surface area contributed by atoms with Crippen molar-refractivity contribution in [1.29, 1.82) is 0 Å². The summed E-state index contributed by atoms with van der Waals surface area (Å²) in [6.45, 7) is 1.98. The summed E-state index contributed by atoms with van der Waals surface area (Å²) in [5.74, 6) is 0. The van der Waals surface area contributed by atoms with Crippen LogP contribution in [-0.2, 0) is 0 Å². The van der Waals surface area contributed by atoms with Gasteiger partial charge in [-0.05, 0) is 18.6 Å². The Morgan fingerprint density at radius 3 is 2.56 bits per heavy atom. The summed E-state index contributed by atoms with van der Waals surface area (Å²) in [6.07, 6.45) is 0. The van der Waals surface area contributed by atoms with E-state index in [9.17, 15) is 0 Å². The maximum Gasteiger partial charge on any atom is 0.0711 e. The van der Waals surface area contributed by atoms with E-state index < -0.39 is 0 Å². The number of rotatable bonds is 0. The Labute approximate surface area is 63.3 Å². The Morgan fingerprint density at radius 1 is 1.44 bits per heavy atom. The molecule has 0 N–H and O–H groups in total. The van der Waals surface area contributed by atoms with Gasteiger partial charge < -0.3 is 0 Å². The molecule has 45 valence electrons. The van der Waals surface area contributed by atoms with Gasteiger partial charge in [-0.15, -0.1) is 0 Å². The van der Waals surface area contributed by atoms with Gasteiger partial charge in [0.2, 0.25) is 0 Å². The number of hydrogen-bond acceptors (Lipinski definition) is 0. The second-order valence-corrected chi connectivity index (χ2v) is 2.95. The predicted octanol–water partition coefficient (Wildman–Crippen LogP) is 1.44. The molecule has 2 heteroatoms. The maximum absolute atomic E-state index is 5.76. The molecule has 0 fully saturated rings. The first-order chi connectivity index (χ1) is 4.20. The fourth-order valence-electron chi connectivity index (χ4n) is 0.645. The summed E-state index contributed by atoms with van der Waals surface area (Å²) in [7, 11) is 3.38. The number of aryl methyl sites for hydroxylation is 1. The van der Waals surface area contributed by atoms with Gasteiger partial charge in [-0.25, -0.2) is 0 Å². The van der Waals surface area contributed by atoms with Crippen molar-refractivity contribution in [2.45, 2.75) is 6.92 Å². The summed E-state index contributed by atoms with van der Waals surface area (Å²) >= 11 is 5.76. The van der Waals surface area contributed by atoms with E-state index in [1.54, 1.807) is 0 Å². The van der Waals surface area contributed by atoms with Crippen LogP contribution in [0.15, 0.2) is 18.2 Å². The zero-order valence-corrected chi connectivity index (χ0v) is 6.87. The minimum absolute atomic E-state index is 0.817. The summed E-state index contributed by atoms with van der Waals surface area (Å²) in [5, 5.41) is 1.88. The number of benzene rings is 1. The van der Waals surface area contributed by atoms with Crippen LogP contribution in [-0.4, -0.2) is 10.2 Å². The lowest BCUT2D eigenvalue weighted by molar-refractivity contribution is 1.49. The minimum Gasteiger partial charge on any atom is -0.0841 e. The average molecular weight is 154 g/mol. The van der Waals surface area contributed by atoms with E-state index in [1.807, 2.05) is 25.1 Å². The van der Waals surface area contributed by atoms with E-state index in [0.717, 1.165) is 15.8 Å².